The van der Waals surface area contributed by atoms with Gasteiger partial charge in [-0.25, -0.2) is 9.82 Å². The van der Waals surface area contributed by atoms with Gasteiger partial charge in [0.15, 0.2) is 0 Å². The molecule has 27 heavy (non-hydrogen) atoms. The number of halogens is 1. The van der Waals surface area contributed by atoms with Crippen LogP contribution in [0.25, 0.3) is 0 Å². The fourth-order valence-electron chi connectivity index (χ4n) is 3.78. The second-order valence-electron chi connectivity index (χ2n) is 6.92. The number of hydrogen-bond acceptors (Lipinski definition) is 6. The average molecular weight is 372 g/mol. The Hall–Kier alpha value is -2.71. The smallest absolute Gasteiger partial charge is 0.251 e. The van der Waals surface area contributed by atoms with E-state index >= 15 is 0 Å². The van der Waals surface area contributed by atoms with Gasteiger partial charge in [0.05, 0.1) is 24.9 Å². The van der Waals surface area contributed by atoms with E-state index in [0.717, 1.165) is 16.8 Å². The van der Waals surface area contributed by atoms with Gasteiger partial charge in [0.25, 0.3) is 5.91 Å². The number of benzene rings is 1. The molecule has 3 unspecified atom stereocenters. The number of amides is 1. The molecule has 0 radical (unpaired) electrons. The standard InChI is InChI=1S/C19H21FN4O3/c1-11-15(12(2)27-22-11)9-23-7-8-24-18(19(23)26)16(10-25)17(21-24)13-3-5-14(20)6-4-13/h3-8,16-18,21,25H,9-10H2,1-2H3. The minimum absolute atomic E-state index is 0.117. The van der Waals surface area contributed by atoms with Crippen molar-refractivity contribution in [3.8, 4) is 0 Å². The molecule has 3 atom stereocenters. The highest BCUT2D eigenvalue weighted by atomic mass is 19.1. The van der Waals surface area contributed by atoms with E-state index < -0.39 is 6.04 Å². The van der Waals surface area contributed by atoms with Gasteiger partial charge < -0.3 is 19.5 Å². The Morgan fingerprint density at radius 2 is 2.00 bits per heavy atom. The normalized spacial score (nSPS) is 24.6. The number of carbonyl (C=O) groups is 1. The maximum absolute atomic E-state index is 13.2. The number of hydrogen-bond donors (Lipinski definition) is 2. The number of carbonyl (C=O) groups excluding carboxylic acids is 1. The van der Waals surface area contributed by atoms with E-state index in [9.17, 15) is 14.3 Å². The van der Waals surface area contributed by atoms with Crippen LogP contribution in [0, 0.1) is 25.6 Å². The summed E-state index contributed by atoms with van der Waals surface area (Å²) in [5.74, 6) is -0.117. The summed E-state index contributed by atoms with van der Waals surface area (Å²) in [7, 11) is 0. The van der Waals surface area contributed by atoms with E-state index in [2.05, 4.69) is 10.6 Å². The lowest BCUT2D eigenvalue weighted by Crippen LogP contribution is -2.50. The molecule has 3 heterocycles. The fourth-order valence-corrected chi connectivity index (χ4v) is 3.78. The van der Waals surface area contributed by atoms with Gasteiger partial charge in [0.2, 0.25) is 0 Å². The predicted molar refractivity (Wildman–Crippen MR) is 94.1 cm³/mol. The molecule has 4 rings (SSSR count). The average Bonchev–Trinajstić information content (AvgIpc) is 3.19. The van der Waals surface area contributed by atoms with Crippen LogP contribution in [0.5, 0.6) is 0 Å². The molecule has 0 bridgehead atoms. The van der Waals surface area contributed by atoms with Crippen LogP contribution in [-0.4, -0.2) is 38.7 Å². The molecule has 1 amide bonds. The van der Waals surface area contributed by atoms with E-state index in [1.807, 2.05) is 13.8 Å². The summed E-state index contributed by atoms with van der Waals surface area (Å²) >= 11 is 0. The maximum Gasteiger partial charge on any atom is 0.251 e. The molecular weight excluding hydrogens is 351 g/mol. The van der Waals surface area contributed by atoms with Crippen LogP contribution < -0.4 is 5.43 Å². The van der Waals surface area contributed by atoms with Crippen molar-refractivity contribution in [1.82, 2.24) is 20.5 Å². The second kappa shape index (κ2) is 6.79. The number of rotatable bonds is 4. The Kier molecular flexibility index (Phi) is 4.45. The third-order valence-corrected chi connectivity index (χ3v) is 5.31. The van der Waals surface area contributed by atoms with E-state index in [1.165, 1.54) is 12.1 Å². The molecule has 0 spiro atoms. The number of fused-ring (bicyclic) bond motifs is 1. The zero-order chi connectivity index (χ0) is 19.1. The quantitative estimate of drug-likeness (QED) is 0.852. The summed E-state index contributed by atoms with van der Waals surface area (Å²) in [5.41, 5.74) is 5.70. The zero-order valence-corrected chi connectivity index (χ0v) is 15.1. The molecule has 2 aliphatic rings. The first-order valence-electron chi connectivity index (χ1n) is 8.81. The monoisotopic (exact) mass is 372 g/mol. The third-order valence-electron chi connectivity index (χ3n) is 5.31. The Morgan fingerprint density at radius 1 is 1.26 bits per heavy atom. The topological polar surface area (TPSA) is 81.8 Å². The number of aliphatic hydroxyl groups excluding tert-OH is 1. The molecule has 2 aliphatic heterocycles. The first-order chi connectivity index (χ1) is 13.0. The van der Waals surface area contributed by atoms with Crippen molar-refractivity contribution < 1.29 is 18.8 Å². The summed E-state index contributed by atoms with van der Waals surface area (Å²) in [4.78, 5) is 14.7. The van der Waals surface area contributed by atoms with E-state index in [1.54, 1.807) is 34.4 Å². The van der Waals surface area contributed by atoms with Gasteiger partial charge in [-0.1, -0.05) is 17.3 Å². The summed E-state index contributed by atoms with van der Waals surface area (Å²) in [6.07, 6.45) is 3.50. The lowest BCUT2D eigenvalue weighted by Gasteiger charge is -2.33. The van der Waals surface area contributed by atoms with Crippen LogP contribution in [0.2, 0.25) is 0 Å². The first-order valence-corrected chi connectivity index (χ1v) is 8.81. The van der Waals surface area contributed by atoms with Gasteiger partial charge >= 0.3 is 0 Å². The zero-order valence-electron chi connectivity index (χ0n) is 15.1. The number of aliphatic hydroxyl groups is 1. The van der Waals surface area contributed by atoms with Gasteiger partial charge in [-0.05, 0) is 31.5 Å². The third kappa shape index (κ3) is 3.00. The molecule has 1 aromatic heterocycles. The molecule has 2 N–H and O–H groups in total. The van der Waals surface area contributed by atoms with Gasteiger partial charge in [-0.2, -0.15) is 0 Å². The van der Waals surface area contributed by atoms with Gasteiger partial charge in [0.1, 0.15) is 17.6 Å². The van der Waals surface area contributed by atoms with Crippen molar-refractivity contribution in [3.63, 3.8) is 0 Å². The number of nitrogens with zero attached hydrogens (tertiary/aromatic N) is 3. The van der Waals surface area contributed by atoms with Gasteiger partial charge in [-0.3, -0.25) is 4.79 Å². The molecule has 142 valence electrons. The molecule has 7 nitrogen and oxygen atoms in total. The number of nitrogens with one attached hydrogen (secondary N) is 1. The van der Waals surface area contributed by atoms with Gasteiger partial charge in [0, 0.05) is 23.9 Å². The summed E-state index contributed by atoms with van der Waals surface area (Å²) < 4.78 is 18.4. The Bertz CT molecular complexity index is 860. The molecule has 8 heteroatoms. The first kappa shape index (κ1) is 17.7. The summed E-state index contributed by atoms with van der Waals surface area (Å²) in [5, 5.41) is 15.6. The van der Waals surface area contributed by atoms with E-state index in [0.29, 0.717) is 12.3 Å². The van der Waals surface area contributed by atoms with E-state index in [-0.39, 0.29) is 30.3 Å². The lowest BCUT2D eigenvalue weighted by atomic mass is 9.89. The van der Waals surface area contributed by atoms with Gasteiger partial charge in [-0.15, -0.1) is 0 Å². The maximum atomic E-state index is 13.2. The van der Waals surface area contributed by atoms with Crippen molar-refractivity contribution in [2.75, 3.05) is 6.61 Å². The minimum Gasteiger partial charge on any atom is -0.396 e. The van der Waals surface area contributed by atoms with Crippen molar-refractivity contribution in [1.29, 1.82) is 0 Å². The SMILES string of the molecule is Cc1noc(C)c1CN1C=CN2NC(c3ccc(F)cc3)C(CO)C2C1=O. The molecule has 1 aromatic carbocycles. The summed E-state index contributed by atoms with van der Waals surface area (Å²) in [6.45, 7) is 3.85. The van der Waals surface area contributed by atoms with Crippen LogP contribution in [0.4, 0.5) is 4.39 Å². The minimum atomic E-state index is -0.546. The molecule has 1 saturated heterocycles. The molecule has 2 aromatic rings. The molecule has 1 fully saturated rings. The van der Waals surface area contributed by atoms with Crippen molar-refractivity contribution in [2.45, 2.75) is 32.5 Å². The molecule has 0 saturated carbocycles. The van der Waals surface area contributed by atoms with Crippen LogP contribution >= 0.6 is 0 Å². The van der Waals surface area contributed by atoms with Crippen LogP contribution in [-0.2, 0) is 11.3 Å². The second-order valence-corrected chi connectivity index (χ2v) is 6.92. The summed E-state index contributed by atoms with van der Waals surface area (Å²) in [6, 6.07) is 5.27. The largest absolute Gasteiger partial charge is 0.396 e. The Morgan fingerprint density at radius 3 is 2.63 bits per heavy atom. The van der Waals surface area contributed by atoms with Crippen molar-refractivity contribution >= 4 is 5.91 Å². The van der Waals surface area contributed by atoms with Crippen LogP contribution in [0.15, 0.2) is 41.2 Å². The van der Waals surface area contributed by atoms with Crippen LogP contribution in [0.3, 0.4) is 0 Å². The van der Waals surface area contributed by atoms with Crippen molar-refractivity contribution in [2.24, 2.45) is 5.92 Å². The number of aromatic nitrogens is 1. The highest BCUT2D eigenvalue weighted by Crippen LogP contribution is 2.36. The molecule has 0 aliphatic carbocycles. The van der Waals surface area contributed by atoms with Crippen LogP contribution in [0.1, 0.15) is 28.6 Å². The Labute approximate surface area is 156 Å². The predicted octanol–water partition coefficient (Wildman–Crippen LogP) is 1.78. The number of hydrazine groups is 1. The number of aryl methyl sites for hydroxylation is 2. The molecular formula is C19H21FN4O3. The Balaban J connectivity index is 1.59. The highest BCUT2D eigenvalue weighted by molar-refractivity contribution is 5.84. The van der Waals surface area contributed by atoms with Crippen molar-refractivity contribution in [3.05, 3.63) is 65.1 Å². The lowest BCUT2D eigenvalue weighted by molar-refractivity contribution is -0.136. The van der Waals surface area contributed by atoms with E-state index in [4.69, 9.17) is 4.52 Å². The highest BCUT2D eigenvalue weighted by Gasteiger charge is 2.47. The fraction of sp³-hybridized carbons (Fsp3) is 0.368.